The molecule has 26 heavy (non-hydrogen) atoms. The first-order valence-electron chi connectivity index (χ1n) is 8.59. The normalized spacial score (nSPS) is 11.7. The Morgan fingerprint density at radius 2 is 1.96 bits per heavy atom. The van der Waals surface area contributed by atoms with E-state index in [-0.39, 0.29) is 24.9 Å². The number of quaternary nitrogens is 1. The Hall–Kier alpha value is -2.38. The minimum Gasteiger partial charge on any atom is -0.495 e. The Kier molecular flexibility index (Phi) is 7.62. The molecule has 0 aliphatic rings. The summed E-state index contributed by atoms with van der Waals surface area (Å²) in [5.41, 5.74) is 1.68. The smallest absolute Gasteiger partial charge is 0.279 e. The lowest BCUT2D eigenvalue weighted by Crippen LogP contribution is -3.13. The second-order valence-corrected chi connectivity index (χ2v) is 7.10. The maximum atomic E-state index is 12.4. The van der Waals surface area contributed by atoms with Crippen LogP contribution in [0.3, 0.4) is 0 Å². The summed E-state index contributed by atoms with van der Waals surface area (Å²) in [4.78, 5) is 26.5. The van der Waals surface area contributed by atoms with Crippen LogP contribution in [0.1, 0.15) is 17.4 Å². The van der Waals surface area contributed by atoms with Crippen molar-refractivity contribution in [2.24, 2.45) is 0 Å². The highest BCUT2D eigenvalue weighted by Gasteiger charge is 2.17. The molecule has 3 N–H and O–H groups in total. The van der Waals surface area contributed by atoms with Crippen molar-refractivity contribution in [3.8, 4) is 5.75 Å². The molecule has 6 nitrogen and oxygen atoms in total. The van der Waals surface area contributed by atoms with E-state index < -0.39 is 0 Å². The van der Waals surface area contributed by atoms with E-state index in [1.807, 2.05) is 49.6 Å². The van der Waals surface area contributed by atoms with E-state index >= 15 is 0 Å². The van der Waals surface area contributed by atoms with Crippen molar-refractivity contribution in [1.82, 2.24) is 5.32 Å². The first-order chi connectivity index (χ1) is 12.5. The zero-order valence-corrected chi connectivity index (χ0v) is 16.2. The zero-order valence-electron chi connectivity index (χ0n) is 15.4. The lowest BCUT2D eigenvalue weighted by atomic mass is 10.2. The van der Waals surface area contributed by atoms with Crippen LogP contribution < -0.4 is 20.3 Å². The molecule has 1 aromatic carbocycles. The monoisotopic (exact) mass is 376 g/mol. The third-order valence-electron chi connectivity index (χ3n) is 3.99. The second-order valence-electron chi connectivity index (χ2n) is 6.07. The molecule has 140 valence electrons. The van der Waals surface area contributed by atoms with Gasteiger partial charge in [0.15, 0.2) is 13.1 Å². The molecule has 0 saturated carbocycles. The van der Waals surface area contributed by atoms with Crippen molar-refractivity contribution >= 4 is 28.8 Å². The van der Waals surface area contributed by atoms with Gasteiger partial charge in [0, 0.05) is 4.88 Å². The Bertz CT molecular complexity index is 732. The van der Waals surface area contributed by atoms with Gasteiger partial charge >= 0.3 is 0 Å². The zero-order chi connectivity index (χ0) is 18.9. The van der Waals surface area contributed by atoms with Crippen LogP contribution in [0.5, 0.6) is 5.75 Å². The number of benzene rings is 1. The molecule has 2 rings (SSSR count). The molecule has 7 heteroatoms. The van der Waals surface area contributed by atoms with Gasteiger partial charge in [0.2, 0.25) is 0 Å². The predicted molar refractivity (Wildman–Crippen MR) is 104 cm³/mol. The van der Waals surface area contributed by atoms with Crippen LogP contribution >= 0.6 is 11.3 Å². The van der Waals surface area contributed by atoms with Gasteiger partial charge in [-0.15, -0.1) is 11.3 Å². The van der Waals surface area contributed by atoms with Crippen molar-refractivity contribution < 1.29 is 19.2 Å². The largest absolute Gasteiger partial charge is 0.495 e. The SMILES string of the molecule is CC[NH+](CC(=O)NCc1cccs1)CC(=O)Nc1cc(C)ccc1OC. The third kappa shape index (κ3) is 6.16. The van der Waals surface area contributed by atoms with Crippen LogP contribution in [-0.2, 0) is 16.1 Å². The van der Waals surface area contributed by atoms with Gasteiger partial charge in [0.1, 0.15) is 5.75 Å². The molecule has 0 saturated heterocycles. The number of rotatable bonds is 9. The van der Waals surface area contributed by atoms with Gasteiger partial charge in [-0.25, -0.2) is 0 Å². The lowest BCUT2D eigenvalue weighted by Gasteiger charge is -2.17. The number of amides is 2. The van der Waals surface area contributed by atoms with E-state index in [2.05, 4.69) is 10.6 Å². The summed E-state index contributed by atoms with van der Waals surface area (Å²) in [7, 11) is 1.57. The van der Waals surface area contributed by atoms with Crippen LogP contribution in [0.25, 0.3) is 0 Å². The topological polar surface area (TPSA) is 71.9 Å². The molecule has 0 aliphatic carbocycles. The predicted octanol–water partition coefficient (Wildman–Crippen LogP) is 1.22. The van der Waals surface area contributed by atoms with Crippen molar-refractivity contribution in [1.29, 1.82) is 0 Å². The van der Waals surface area contributed by atoms with E-state index in [1.165, 1.54) is 0 Å². The number of hydrogen-bond acceptors (Lipinski definition) is 4. The number of ether oxygens (including phenoxy) is 1. The highest BCUT2D eigenvalue weighted by atomic mass is 32.1. The summed E-state index contributed by atoms with van der Waals surface area (Å²) < 4.78 is 5.28. The molecule has 0 bridgehead atoms. The minimum atomic E-state index is -0.142. The van der Waals surface area contributed by atoms with Gasteiger partial charge < -0.3 is 20.3 Å². The van der Waals surface area contributed by atoms with Crippen LogP contribution in [0.15, 0.2) is 35.7 Å². The van der Waals surface area contributed by atoms with E-state index in [0.29, 0.717) is 24.5 Å². The quantitative estimate of drug-likeness (QED) is 0.616. The maximum Gasteiger partial charge on any atom is 0.279 e. The summed E-state index contributed by atoms with van der Waals surface area (Å²) in [6.45, 7) is 5.62. The molecule has 1 aromatic heterocycles. The number of likely N-dealkylation sites (N-methyl/N-ethyl adjacent to an activating group) is 1. The van der Waals surface area contributed by atoms with Gasteiger partial charge in [0.05, 0.1) is 25.9 Å². The van der Waals surface area contributed by atoms with Gasteiger partial charge in [0.25, 0.3) is 11.8 Å². The van der Waals surface area contributed by atoms with E-state index in [4.69, 9.17) is 4.74 Å². The van der Waals surface area contributed by atoms with Crippen molar-refractivity contribution in [2.45, 2.75) is 20.4 Å². The van der Waals surface area contributed by atoms with Crippen LogP contribution in [-0.4, -0.2) is 38.6 Å². The number of hydrogen-bond donors (Lipinski definition) is 3. The molecule has 2 amide bonds. The van der Waals surface area contributed by atoms with Crippen LogP contribution in [0, 0.1) is 6.92 Å². The molecular formula is C19H26N3O3S+. The number of carbonyl (C=O) groups excluding carboxylic acids is 2. The van der Waals surface area contributed by atoms with Gasteiger partial charge in [-0.3, -0.25) is 9.59 Å². The maximum absolute atomic E-state index is 12.4. The Morgan fingerprint density at radius 1 is 1.19 bits per heavy atom. The number of methoxy groups -OCH3 is 1. The van der Waals surface area contributed by atoms with Gasteiger partial charge in [-0.05, 0) is 43.0 Å². The molecular weight excluding hydrogens is 350 g/mol. The number of anilines is 1. The fourth-order valence-corrected chi connectivity index (χ4v) is 3.19. The van der Waals surface area contributed by atoms with Gasteiger partial charge in [-0.2, -0.15) is 0 Å². The third-order valence-corrected chi connectivity index (χ3v) is 4.87. The average Bonchev–Trinajstić information content (AvgIpc) is 3.13. The summed E-state index contributed by atoms with van der Waals surface area (Å²) in [5, 5.41) is 7.76. The summed E-state index contributed by atoms with van der Waals surface area (Å²) in [6.07, 6.45) is 0. The first kappa shape index (κ1) is 19.9. The Morgan fingerprint density at radius 3 is 2.62 bits per heavy atom. The molecule has 0 aliphatic heterocycles. The van der Waals surface area contributed by atoms with Crippen LogP contribution in [0.2, 0.25) is 0 Å². The molecule has 1 atom stereocenters. The highest BCUT2D eigenvalue weighted by molar-refractivity contribution is 7.09. The molecule has 1 unspecified atom stereocenters. The molecule has 1 heterocycles. The molecule has 0 fully saturated rings. The number of aryl methyl sites for hydroxylation is 1. The molecule has 2 aromatic rings. The fraction of sp³-hybridized carbons (Fsp3) is 0.368. The lowest BCUT2D eigenvalue weighted by molar-refractivity contribution is -0.881. The van der Waals surface area contributed by atoms with E-state index in [9.17, 15) is 9.59 Å². The van der Waals surface area contributed by atoms with Crippen LogP contribution in [0.4, 0.5) is 5.69 Å². The summed E-state index contributed by atoms with van der Waals surface area (Å²) in [5.74, 6) is 0.420. The summed E-state index contributed by atoms with van der Waals surface area (Å²) in [6, 6.07) is 9.57. The number of carbonyl (C=O) groups is 2. The minimum absolute atomic E-state index is 0.0591. The second kappa shape index (κ2) is 9.94. The van der Waals surface area contributed by atoms with Crippen molar-refractivity contribution in [3.05, 3.63) is 46.2 Å². The highest BCUT2D eigenvalue weighted by Crippen LogP contribution is 2.24. The van der Waals surface area contributed by atoms with Gasteiger partial charge in [-0.1, -0.05) is 12.1 Å². The molecule has 0 radical (unpaired) electrons. The summed E-state index contributed by atoms with van der Waals surface area (Å²) >= 11 is 1.61. The van der Waals surface area contributed by atoms with Crippen molar-refractivity contribution in [2.75, 3.05) is 32.1 Å². The Labute approximate surface area is 158 Å². The number of nitrogens with one attached hydrogen (secondary N) is 3. The standard InChI is InChI=1S/C19H25N3O3S/c1-4-22(12-18(23)20-11-15-6-5-9-26-15)13-19(24)21-16-10-14(2)7-8-17(16)25-3/h5-10H,4,11-13H2,1-3H3,(H,20,23)(H,21,24)/p+1. The Balaban J connectivity index is 1.85. The fourth-order valence-electron chi connectivity index (χ4n) is 2.54. The number of thiophene rings is 1. The molecule has 0 spiro atoms. The van der Waals surface area contributed by atoms with Crippen molar-refractivity contribution in [3.63, 3.8) is 0 Å². The van der Waals surface area contributed by atoms with E-state index in [1.54, 1.807) is 18.4 Å². The average molecular weight is 377 g/mol. The first-order valence-corrected chi connectivity index (χ1v) is 9.47. The van der Waals surface area contributed by atoms with E-state index in [0.717, 1.165) is 15.3 Å².